The molecule has 6 nitrogen and oxygen atoms in total. The smallest absolute Gasteiger partial charge is 0.128 e. The lowest BCUT2D eigenvalue weighted by atomic mass is 9.99. The largest absolute Gasteiger partial charge is 0.490 e. The van der Waals surface area contributed by atoms with Gasteiger partial charge in [0.25, 0.3) is 0 Å². The van der Waals surface area contributed by atoms with Crippen LogP contribution in [-0.4, -0.2) is 64.3 Å². The van der Waals surface area contributed by atoms with Crippen LogP contribution in [0.1, 0.15) is 12.8 Å². The van der Waals surface area contributed by atoms with E-state index in [4.69, 9.17) is 9.47 Å². The summed E-state index contributed by atoms with van der Waals surface area (Å²) in [6.45, 7) is 2.69. The molecule has 1 unspecified atom stereocenters. The second-order valence-electron chi connectivity index (χ2n) is 8.20. The maximum atomic E-state index is 10.6. The Bertz CT molecular complexity index is 990. The molecule has 29 heavy (non-hydrogen) atoms. The minimum absolute atomic E-state index is 0.262. The van der Waals surface area contributed by atoms with Crippen molar-refractivity contribution in [1.29, 1.82) is 0 Å². The highest BCUT2D eigenvalue weighted by molar-refractivity contribution is 5.99. The summed E-state index contributed by atoms with van der Waals surface area (Å²) in [4.78, 5) is 2.31. The van der Waals surface area contributed by atoms with Crippen molar-refractivity contribution in [1.82, 2.24) is 14.7 Å². The number of aliphatic hydroxyl groups excluding tert-OH is 1. The standard InChI is InChI=1S/C23H27N3O3/c1-25-11-17(10-24-25)23-21-5-3-2-4-16(21)6-9-22(23)28-15-18(27)12-26-13-19-7-8-20(14-26)29-19/h2-6,9-11,18-20,27H,7-8,12-15H2,1H3/t18?,19-,20+. The van der Waals surface area contributed by atoms with E-state index in [9.17, 15) is 5.11 Å². The number of β-amino-alcohol motifs (C(OH)–C–C–N with tert-alkyl or cyclic N) is 1. The number of nitrogens with zero attached hydrogens (tertiary/aromatic N) is 3. The molecule has 3 aromatic rings. The van der Waals surface area contributed by atoms with Gasteiger partial charge in [-0.3, -0.25) is 9.58 Å². The van der Waals surface area contributed by atoms with Crippen LogP contribution in [0.15, 0.2) is 48.8 Å². The Labute approximate surface area is 170 Å². The number of likely N-dealkylation sites (tertiary alicyclic amines) is 1. The quantitative estimate of drug-likeness (QED) is 0.698. The average molecular weight is 393 g/mol. The van der Waals surface area contributed by atoms with Gasteiger partial charge in [-0.25, -0.2) is 0 Å². The van der Waals surface area contributed by atoms with Gasteiger partial charge in [-0.05, 0) is 29.7 Å². The number of fused-ring (bicyclic) bond motifs is 3. The highest BCUT2D eigenvalue weighted by Crippen LogP contribution is 2.37. The van der Waals surface area contributed by atoms with Gasteiger partial charge in [-0.2, -0.15) is 5.10 Å². The first-order valence-corrected chi connectivity index (χ1v) is 10.3. The van der Waals surface area contributed by atoms with Gasteiger partial charge in [0.2, 0.25) is 0 Å². The molecule has 3 atom stereocenters. The minimum Gasteiger partial charge on any atom is -0.490 e. The summed E-state index contributed by atoms with van der Waals surface area (Å²) < 4.78 is 13.8. The number of aryl methyl sites for hydroxylation is 1. The lowest BCUT2D eigenvalue weighted by Gasteiger charge is -2.33. The lowest BCUT2D eigenvalue weighted by molar-refractivity contribution is -0.0528. The average Bonchev–Trinajstić information content (AvgIpc) is 3.30. The molecule has 0 spiro atoms. The zero-order valence-electron chi connectivity index (χ0n) is 16.7. The van der Waals surface area contributed by atoms with E-state index in [1.807, 2.05) is 37.6 Å². The van der Waals surface area contributed by atoms with Gasteiger partial charge in [0, 0.05) is 44.0 Å². The summed E-state index contributed by atoms with van der Waals surface area (Å²) in [6, 6.07) is 12.3. The number of ether oxygens (including phenoxy) is 2. The SMILES string of the molecule is Cn1cc(-c2c(OCC(O)CN3C[C@H]4CC[C@@H](C3)O4)ccc3ccccc23)cn1. The molecule has 0 radical (unpaired) electrons. The molecular formula is C23H27N3O3. The van der Waals surface area contributed by atoms with E-state index in [0.29, 0.717) is 18.8 Å². The van der Waals surface area contributed by atoms with Gasteiger partial charge < -0.3 is 14.6 Å². The summed E-state index contributed by atoms with van der Waals surface area (Å²) in [5.41, 5.74) is 2.03. The van der Waals surface area contributed by atoms with Crippen molar-refractivity contribution in [2.75, 3.05) is 26.2 Å². The van der Waals surface area contributed by atoms with Crippen molar-refractivity contribution < 1.29 is 14.6 Å². The van der Waals surface area contributed by atoms with Crippen LogP contribution < -0.4 is 4.74 Å². The molecule has 2 saturated heterocycles. The third-order valence-corrected chi connectivity index (χ3v) is 5.90. The third kappa shape index (κ3) is 3.88. The normalized spacial score (nSPS) is 22.8. The van der Waals surface area contributed by atoms with Crippen LogP contribution in [0.3, 0.4) is 0 Å². The zero-order chi connectivity index (χ0) is 19.8. The first kappa shape index (κ1) is 18.6. The molecule has 1 aromatic heterocycles. The Balaban J connectivity index is 1.33. The molecule has 3 heterocycles. The molecule has 2 fully saturated rings. The number of benzene rings is 2. The summed E-state index contributed by atoms with van der Waals surface area (Å²) in [6.07, 6.45) is 6.25. The fraction of sp³-hybridized carbons (Fsp3) is 0.435. The van der Waals surface area contributed by atoms with Gasteiger partial charge in [-0.1, -0.05) is 30.3 Å². The molecular weight excluding hydrogens is 366 g/mol. The molecule has 152 valence electrons. The van der Waals surface area contributed by atoms with Crippen molar-refractivity contribution in [3.63, 3.8) is 0 Å². The van der Waals surface area contributed by atoms with E-state index < -0.39 is 6.10 Å². The molecule has 2 bridgehead atoms. The fourth-order valence-corrected chi connectivity index (χ4v) is 4.60. The van der Waals surface area contributed by atoms with Gasteiger partial charge in [0.15, 0.2) is 0 Å². The number of hydrogen-bond donors (Lipinski definition) is 1. The van der Waals surface area contributed by atoms with Crippen LogP contribution in [0.5, 0.6) is 5.75 Å². The molecule has 0 amide bonds. The van der Waals surface area contributed by atoms with E-state index in [1.54, 1.807) is 4.68 Å². The molecule has 0 saturated carbocycles. The van der Waals surface area contributed by atoms with Gasteiger partial charge in [0.1, 0.15) is 18.5 Å². The molecule has 5 rings (SSSR count). The second-order valence-corrected chi connectivity index (χ2v) is 8.20. The van der Waals surface area contributed by atoms with Gasteiger partial charge in [-0.15, -0.1) is 0 Å². The van der Waals surface area contributed by atoms with Crippen molar-refractivity contribution >= 4 is 10.8 Å². The predicted molar refractivity (Wildman–Crippen MR) is 112 cm³/mol. The number of morpholine rings is 1. The van der Waals surface area contributed by atoms with Crippen LogP contribution in [0.4, 0.5) is 0 Å². The molecule has 6 heteroatoms. The van der Waals surface area contributed by atoms with E-state index in [0.717, 1.165) is 53.6 Å². The minimum atomic E-state index is -0.541. The third-order valence-electron chi connectivity index (χ3n) is 5.90. The number of aromatic nitrogens is 2. The van der Waals surface area contributed by atoms with E-state index in [2.05, 4.69) is 28.2 Å². The van der Waals surface area contributed by atoms with Crippen molar-refractivity contribution in [2.24, 2.45) is 7.05 Å². The first-order chi connectivity index (χ1) is 14.2. The zero-order valence-corrected chi connectivity index (χ0v) is 16.7. The van der Waals surface area contributed by atoms with Crippen LogP contribution in [0.25, 0.3) is 21.9 Å². The summed E-state index contributed by atoms with van der Waals surface area (Å²) in [7, 11) is 1.91. The van der Waals surface area contributed by atoms with Crippen LogP contribution >= 0.6 is 0 Å². The first-order valence-electron chi connectivity index (χ1n) is 10.3. The van der Waals surface area contributed by atoms with Crippen LogP contribution in [0, 0.1) is 0 Å². The monoisotopic (exact) mass is 393 g/mol. The molecule has 0 aliphatic carbocycles. The second kappa shape index (κ2) is 7.78. The van der Waals surface area contributed by atoms with Gasteiger partial charge in [0.05, 0.1) is 18.4 Å². The number of rotatable bonds is 6. The molecule has 2 aromatic carbocycles. The van der Waals surface area contributed by atoms with E-state index in [-0.39, 0.29) is 6.61 Å². The number of aliphatic hydroxyl groups is 1. The Morgan fingerprint density at radius 3 is 2.72 bits per heavy atom. The maximum absolute atomic E-state index is 10.6. The summed E-state index contributed by atoms with van der Waals surface area (Å²) in [5, 5.41) is 17.2. The van der Waals surface area contributed by atoms with E-state index in [1.165, 1.54) is 0 Å². The Hall–Kier alpha value is -2.41. The van der Waals surface area contributed by atoms with Crippen LogP contribution in [-0.2, 0) is 11.8 Å². The highest BCUT2D eigenvalue weighted by atomic mass is 16.5. The summed E-state index contributed by atoms with van der Waals surface area (Å²) in [5.74, 6) is 0.776. The summed E-state index contributed by atoms with van der Waals surface area (Å²) >= 11 is 0. The van der Waals surface area contributed by atoms with Crippen molar-refractivity contribution in [2.45, 2.75) is 31.2 Å². The number of hydrogen-bond acceptors (Lipinski definition) is 5. The topological polar surface area (TPSA) is 59.8 Å². The Morgan fingerprint density at radius 2 is 1.97 bits per heavy atom. The fourth-order valence-electron chi connectivity index (χ4n) is 4.60. The van der Waals surface area contributed by atoms with Crippen molar-refractivity contribution in [3.05, 3.63) is 48.8 Å². The molecule has 1 N–H and O–H groups in total. The molecule has 2 aliphatic rings. The lowest BCUT2D eigenvalue weighted by Crippen LogP contribution is -2.46. The van der Waals surface area contributed by atoms with Crippen LogP contribution in [0.2, 0.25) is 0 Å². The highest BCUT2D eigenvalue weighted by Gasteiger charge is 2.34. The molecule has 2 aliphatic heterocycles. The Kier molecular flexibility index (Phi) is 4.99. The maximum Gasteiger partial charge on any atom is 0.128 e. The van der Waals surface area contributed by atoms with Crippen molar-refractivity contribution in [3.8, 4) is 16.9 Å². The van der Waals surface area contributed by atoms with E-state index >= 15 is 0 Å². The Morgan fingerprint density at radius 1 is 1.17 bits per heavy atom. The van der Waals surface area contributed by atoms with Gasteiger partial charge >= 0.3 is 0 Å². The predicted octanol–water partition coefficient (Wildman–Crippen LogP) is 2.84.